The zero-order valence-electron chi connectivity index (χ0n) is 25.4. The lowest BCUT2D eigenvalue weighted by molar-refractivity contribution is 0.105. The third-order valence-electron chi connectivity index (χ3n) is 7.28. The fourth-order valence-corrected chi connectivity index (χ4v) is 6.31. The Labute approximate surface area is 284 Å². The summed E-state index contributed by atoms with van der Waals surface area (Å²) in [6.45, 7) is 0. The van der Waals surface area contributed by atoms with E-state index in [-0.39, 0.29) is 33.6 Å². The van der Waals surface area contributed by atoms with E-state index in [1.54, 1.807) is 60.7 Å². The number of carbonyl (C=O) groups excluding carboxylic acids is 3. The summed E-state index contributed by atoms with van der Waals surface area (Å²) in [4.78, 5) is 37.9. The molecule has 0 heterocycles. The molecule has 0 saturated carbocycles. The number of allylic oxidation sites excluding steroid dienone is 2. The van der Waals surface area contributed by atoms with Gasteiger partial charge in [-0.25, -0.2) is 4.79 Å². The molecule has 0 bridgehead atoms. The predicted octanol–water partition coefficient (Wildman–Crippen LogP) is 5.12. The van der Waals surface area contributed by atoms with Crippen LogP contribution in [0.1, 0.15) is 31.8 Å². The molecule has 2 aliphatic rings. The Morgan fingerprint density at radius 3 is 1.28 bits per heavy atom. The molecule has 0 aromatic heterocycles. The molecular formula is C33H24N6O9S2. The number of rotatable bonds is 8. The van der Waals surface area contributed by atoms with Crippen LogP contribution in [0.2, 0.25) is 0 Å². The molecule has 2 aliphatic carbocycles. The number of nitrogens with zero attached hydrogens (tertiary/aromatic N) is 2. The van der Waals surface area contributed by atoms with Crippen molar-refractivity contribution in [3.05, 3.63) is 129 Å². The summed E-state index contributed by atoms with van der Waals surface area (Å²) in [6.07, 6.45) is 2.10. The first kappa shape index (κ1) is 33.6. The smallest absolute Gasteiger partial charge is 0.308 e. The summed E-state index contributed by atoms with van der Waals surface area (Å²) in [5.74, 6) is -1.58. The molecule has 17 heteroatoms. The molecule has 0 saturated heterocycles. The molecule has 50 heavy (non-hydrogen) atoms. The van der Waals surface area contributed by atoms with Crippen LogP contribution >= 0.6 is 0 Å². The van der Waals surface area contributed by atoms with Gasteiger partial charge in [-0.1, -0.05) is 36.4 Å². The standard InChI is InChI=1S/C33H24N6O9S2/c40-31-25-13-11-23(15-19(25)17-27(49(43,44)45)29(31)38-36-21-7-3-1-4-8-21)34-33(42)35-24-12-14-26-20(16-24)18-28(50(46,47)48)30(32(26)41)39-37-22-9-5-2-6-10-22/h1-18,36-37H,(H2,34,35,42)(H,43,44,45)(H,46,47,48). The lowest BCUT2D eigenvalue weighted by Crippen LogP contribution is -2.27. The highest BCUT2D eigenvalue weighted by atomic mass is 32.2. The van der Waals surface area contributed by atoms with Gasteiger partial charge in [0.05, 0.1) is 11.4 Å². The number of amides is 2. The zero-order chi connectivity index (χ0) is 35.6. The Hall–Kier alpha value is -6.27. The molecule has 0 fully saturated rings. The van der Waals surface area contributed by atoms with Gasteiger partial charge in [0.15, 0.2) is 11.4 Å². The van der Waals surface area contributed by atoms with E-state index in [9.17, 15) is 40.3 Å². The Morgan fingerprint density at radius 1 is 0.540 bits per heavy atom. The van der Waals surface area contributed by atoms with E-state index < -0.39 is 59.1 Å². The van der Waals surface area contributed by atoms with E-state index in [0.717, 1.165) is 12.2 Å². The number of hydrogen-bond acceptors (Lipinski definition) is 11. The van der Waals surface area contributed by atoms with Gasteiger partial charge in [0, 0.05) is 22.5 Å². The van der Waals surface area contributed by atoms with Gasteiger partial charge in [-0.15, -0.1) is 0 Å². The Balaban J connectivity index is 1.22. The Morgan fingerprint density at radius 2 is 0.920 bits per heavy atom. The van der Waals surface area contributed by atoms with E-state index in [2.05, 4.69) is 31.7 Å². The molecule has 6 rings (SSSR count). The molecule has 6 N–H and O–H groups in total. The molecule has 0 unspecified atom stereocenters. The number of benzene rings is 4. The van der Waals surface area contributed by atoms with Crippen LogP contribution in [0.4, 0.5) is 27.5 Å². The average molecular weight is 713 g/mol. The van der Waals surface area contributed by atoms with E-state index in [1.807, 2.05) is 0 Å². The number of carbonyl (C=O) groups is 3. The van der Waals surface area contributed by atoms with E-state index >= 15 is 0 Å². The third kappa shape index (κ3) is 7.25. The van der Waals surface area contributed by atoms with Gasteiger partial charge in [0.2, 0.25) is 11.6 Å². The number of hydrogen-bond donors (Lipinski definition) is 6. The number of fused-ring (bicyclic) bond motifs is 2. The maximum absolute atomic E-state index is 13.2. The number of Topliss-reactive ketones (excluding diaryl/α,β-unsaturated/α-hetero) is 2. The highest BCUT2D eigenvalue weighted by Crippen LogP contribution is 2.30. The van der Waals surface area contributed by atoms with Crippen molar-refractivity contribution in [2.45, 2.75) is 0 Å². The Bertz CT molecular complexity index is 2260. The molecule has 252 valence electrons. The third-order valence-corrected chi connectivity index (χ3v) is 9.01. The topological polar surface area (TPSA) is 233 Å². The van der Waals surface area contributed by atoms with Crippen molar-refractivity contribution < 1.29 is 40.3 Å². The zero-order valence-corrected chi connectivity index (χ0v) is 27.0. The molecule has 0 radical (unpaired) electrons. The van der Waals surface area contributed by atoms with Gasteiger partial charge in [0.1, 0.15) is 9.81 Å². The average Bonchev–Trinajstić information content (AvgIpc) is 3.07. The van der Waals surface area contributed by atoms with E-state index in [4.69, 9.17) is 0 Å². The number of urea groups is 1. The van der Waals surface area contributed by atoms with Gasteiger partial charge in [-0.05, 0) is 83.9 Å². The second-order valence-electron chi connectivity index (χ2n) is 10.7. The minimum absolute atomic E-state index is 0.0552. The highest BCUT2D eigenvalue weighted by Gasteiger charge is 2.34. The van der Waals surface area contributed by atoms with E-state index in [1.165, 1.54) is 36.4 Å². The molecule has 2 amide bonds. The van der Waals surface area contributed by atoms with Crippen molar-refractivity contribution in [1.82, 2.24) is 0 Å². The van der Waals surface area contributed by atoms with Crippen LogP contribution in [-0.2, 0) is 20.2 Å². The quantitative estimate of drug-likeness (QED) is 0.104. The summed E-state index contributed by atoms with van der Waals surface area (Å²) < 4.78 is 68.5. The molecule has 0 spiro atoms. The van der Waals surface area contributed by atoms with Crippen molar-refractivity contribution in [1.29, 1.82) is 0 Å². The molecular weight excluding hydrogens is 689 g/mol. The second-order valence-corrected chi connectivity index (χ2v) is 13.5. The summed E-state index contributed by atoms with van der Waals surface area (Å²) in [6, 6.07) is 24.2. The van der Waals surface area contributed by atoms with Gasteiger partial charge in [-0.2, -0.15) is 27.0 Å². The monoisotopic (exact) mass is 712 g/mol. The van der Waals surface area contributed by atoms with Crippen LogP contribution in [0.3, 0.4) is 0 Å². The fourth-order valence-electron chi connectivity index (χ4n) is 5.00. The van der Waals surface area contributed by atoms with Gasteiger partial charge >= 0.3 is 6.03 Å². The molecule has 15 nitrogen and oxygen atoms in total. The van der Waals surface area contributed by atoms with Crippen LogP contribution in [0.15, 0.2) is 117 Å². The normalized spacial score (nSPS) is 15.8. The van der Waals surface area contributed by atoms with Crippen LogP contribution in [-0.4, -0.2) is 55.0 Å². The number of nitrogens with one attached hydrogen (secondary N) is 4. The number of ketones is 2. The van der Waals surface area contributed by atoms with Crippen LogP contribution < -0.4 is 21.5 Å². The number of hydrazone groups is 2. The van der Waals surface area contributed by atoms with Crippen molar-refractivity contribution in [2.24, 2.45) is 10.2 Å². The minimum atomic E-state index is -4.90. The van der Waals surface area contributed by atoms with Gasteiger partial charge < -0.3 is 10.6 Å². The SMILES string of the molecule is O=C(Nc1ccc2c(c1)C=C(S(=O)(=O)O)C(=NNc1ccccc1)C2=O)Nc1ccc2c(c1)C=C(S(=O)(=O)O)C(=NNc1ccccc1)C2=O. The molecule has 4 aromatic rings. The largest absolute Gasteiger partial charge is 0.323 e. The van der Waals surface area contributed by atoms with Gasteiger partial charge in [-0.3, -0.25) is 29.5 Å². The highest BCUT2D eigenvalue weighted by molar-refractivity contribution is 7.91. The molecule has 0 aliphatic heterocycles. The summed E-state index contributed by atoms with van der Waals surface area (Å²) >= 11 is 0. The maximum Gasteiger partial charge on any atom is 0.323 e. The van der Waals surface area contributed by atoms with E-state index in [0.29, 0.717) is 11.4 Å². The van der Waals surface area contributed by atoms with Crippen molar-refractivity contribution in [3.63, 3.8) is 0 Å². The first-order chi connectivity index (χ1) is 23.8. The van der Waals surface area contributed by atoms with Crippen LogP contribution in [0, 0.1) is 0 Å². The maximum atomic E-state index is 13.2. The second kappa shape index (κ2) is 13.3. The fraction of sp³-hybridized carbons (Fsp3) is 0. The molecule has 4 aromatic carbocycles. The molecule has 0 atom stereocenters. The van der Waals surface area contributed by atoms with Crippen molar-refractivity contribution in [3.8, 4) is 0 Å². The van der Waals surface area contributed by atoms with Crippen LogP contribution in [0.25, 0.3) is 12.2 Å². The Kier molecular flexibility index (Phi) is 8.96. The number of anilines is 4. The lowest BCUT2D eigenvalue weighted by Gasteiger charge is -2.18. The van der Waals surface area contributed by atoms with Crippen molar-refractivity contribution >= 4 is 84.2 Å². The van der Waals surface area contributed by atoms with Gasteiger partial charge in [0.25, 0.3) is 20.2 Å². The number of para-hydroxylation sites is 2. The first-order valence-electron chi connectivity index (χ1n) is 14.4. The first-order valence-corrected chi connectivity index (χ1v) is 17.3. The minimum Gasteiger partial charge on any atom is -0.308 e. The predicted molar refractivity (Wildman–Crippen MR) is 188 cm³/mol. The summed E-state index contributed by atoms with van der Waals surface area (Å²) in [5, 5.41) is 12.9. The lowest BCUT2D eigenvalue weighted by atomic mass is 9.94. The van der Waals surface area contributed by atoms with Crippen LogP contribution in [0.5, 0.6) is 0 Å². The van der Waals surface area contributed by atoms with Crippen molar-refractivity contribution in [2.75, 3.05) is 21.5 Å². The summed E-state index contributed by atoms with van der Waals surface area (Å²) in [7, 11) is -9.80. The summed E-state index contributed by atoms with van der Waals surface area (Å²) in [5.41, 5.74) is 5.59.